The van der Waals surface area contributed by atoms with Crippen molar-refractivity contribution in [2.75, 3.05) is 6.54 Å². The lowest BCUT2D eigenvalue weighted by Crippen LogP contribution is -2.32. The number of carbonyl (C=O) groups is 1. The average molecular weight is 404 g/mol. The van der Waals surface area contributed by atoms with E-state index in [0.29, 0.717) is 30.8 Å². The van der Waals surface area contributed by atoms with Gasteiger partial charge in [-0.25, -0.2) is 4.52 Å². The third kappa shape index (κ3) is 3.63. The van der Waals surface area contributed by atoms with E-state index in [2.05, 4.69) is 21.6 Å². The number of aromatic nitrogens is 5. The van der Waals surface area contributed by atoms with Crippen LogP contribution in [0.3, 0.4) is 0 Å². The molecule has 8 heteroatoms. The van der Waals surface area contributed by atoms with Gasteiger partial charge in [0, 0.05) is 43.8 Å². The Balaban J connectivity index is 1.52. The molecule has 1 N–H and O–H groups in total. The monoisotopic (exact) mass is 404 g/mol. The van der Waals surface area contributed by atoms with E-state index in [1.165, 1.54) is 5.56 Å². The second-order valence-electron chi connectivity index (χ2n) is 7.26. The normalized spacial score (nSPS) is 11.2. The standard InChI is InChI=1S/C22H24N6O2/c1-4-27-19(7-8-24-27)21(29)23-9-10-26-11-12-28-20(22(26)30)14-18(25-28)17-6-5-15(2)13-16(17)3/h5-8,11-14H,4,9-10H2,1-3H3,(H,23,29). The Morgan fingerprint density at radius 3 is 2.73 bits per heavy atom. The summed E-state index contributed by atoms with van der Waals surface area (Å²) in [6.07, 6.45) is 5.05. The van der Waals surface area contributed by atoms with Crippen molar-refractivity contribution in [3.8, 4) is 11.3 Å². The zero-order valence-electron chi connectivity index (χ0n) is 17.3. The summed E-state index contributed by atoms with van der Waals surface area (Å²) in [5.41, 5.74) is 4.95. The molecule has 1 amide bonds. The van der Waals surface area contributed by atoms with Crippen molar-refractivity contribution in [3.63, 3.8) is 0 Å². The maximum Gasteiger partial charge on any atom is 0.276 e. The van der Waals surface area contributed by atoms with E-state index in [1.54, 1.807) is 38.4 Å². The molecule has 3 aromatic heterocycles. The van der Waals surface area contributed by atoms with Crippen LogP contribution in [0.2, 0.25) is 0 Å². The van der Waals surface area contributed by atoms with Crippen LogP contribution in [-0.2, 0) is 13.1 Å². The zero-order valence-corrected chi connectivity index (χ0v) is 17.3. The van der Waals surface area contributed by atoms with Crippen molar-refractivity contribution in [1.29, 1.82) is 0 Å². The number of nitrogens with zero attached hydrogens (tertiary/aromatic N) is 5. The fraction of sp³-hybridized carbons (Fsp3) is 0.273. The van der Waals surface area contributed by atoms with Crippen molar-refractivity contribution in [2.24, 2.45) is 0 Å². The number of aryl methyl sites for hydroxylation is 3. The average Bonchev–Trinajstić information content (AvgIpc) is 3.36. The summed E-state index contributed by atoms with van der Waals surface area (Å²) < 4.78 is 4.82. The second kappa shape index (κ2) is 7.98. The third-order valence-electron chi connectivity index (χ3n) is 5.15. The van der Waals surface area contributed by atoms with E-state index >= 15 is 0 Å². The van der Waals surface area contributed by atoms with Crippen molar-refractivity contribution >= 4 is 11.4 Å². The molecule has 0 aliphatic rings. The SMILES string of the molecule is CCn1nccc1C(=O)NCCn1ccn2nc(-c3ccc(C)cc3C)cc2c1=O. The lowest BCUT2D eigenvalue weighted by atomic mass is 10.0. The molecule has 4 aromatic rings. The van der Waals surface area contributed by atoms with Crippen LogP contribution in [0.4, 0.5) is 0 Å². The van der Waals surface area contributed by atoms with E-state index in [1.807, 2.05) is 39.0 Å². The largest absolute Gasteiger partial charge is 0.349 e. The van der Waals surface area contributed by atoms with Gasteiger partial charge in [-0.05, 0) is 38.5 Å². The van der Waals surface area contributed by atoms with Crippen LogP contribution in [0, 0.1) is 13.8 Å². The van der Waals surface area contributed by atoms with Gasteiger partial charge in [0.25, 0.3) is 11.5 Å². The number of hydrogen-bond donors (Lipinski definition) is 1. The molecule has 0 saturated carbocycles. The fourth-order valence-corrected chi connectivity index (χ4v) is 3.59. The van der Waals surface area contributed by atoms with Crippen molar-refractivity contribution < 1.29 is 4.79 Å². The van der Waals surface area contributed by atoms with Crippen molar-refractivity contribution in [3.05, 3.63) is 76.1 Å². The smallest absolute Gasteiger partial charge is 0.276 e. The van der Waals surface area contributed by atoms with E-state index < -0.39 is 0 Å². The summed E-state index contributed by atoms with van der Waals surface area (Å²) in [6, 6.07) is 9.66. The fourth-order valence-electron chi connectivity index (χ4n) is 3.59. The molecular formula is C22H24N6O2. The van der Waals surface area contributed by atoms with Crippen LogP contribution in [0.15, 0.2) is 53.7 Å². The Hall–Kier alpha value is -3.68. The molecule has 0 spiro atoms. The number of hydrogen-bond acceptors (Lipinski definition) is 4. The molecular weight excluding hydrogens is 380 g/mol. The Kier molecular flexibility index (Phi) is 5.22. The van der Waals surface area contributed by atoms with Gasteiger partial charge in [0.15, 0.2) is 0 Å². The van der Waals surface area contributed by atoms with E-state index in [0.717, 1.165) is 16.8 Å². The van der Waals surface area contributed by atoms with E-state index in [4.69, 9.17) is 0 Å². The lowest BCUT2D eigenvalue weighted by Gasteiger charge is -2.08. The lowest BCUT2D eigenvalue weighted by molar-refractivity contribution is 0.0941. The molecule has 0 aliphatic carbocycles. The quantitative estimate of drug-likeness (QED) is 0.535. The highest BCUT2D eigenvalue weighted by atomic mass is 16.2. The number of benzene rings is 1. The van der Waals surface area contributed by atoms with Gasteiger partial charge in [0.05, 0.1) is 5.69 Å². The maximum absolute atomic E-state index is 12.9. The highest BCUT2D eigenvalue weighted by Gasteiger charge is 2.13. The molecule has 154 valence electrons. The predicted octanol–water partition coefficient (Wildman–Crippen LogP) is 2.43. The van der Waals surface area contributed by atoms with Gasteiger partial charge >= 0.3 is 0 Å². The molecule has 0 fully saturated rings. The molecule has 3 heterocycles. The molecule has 0 radical (unpaired) electrons. The number of nitrogens with one attached hydrogen (secondary N) is 1. The summed E-state index contributed by atoms with van der Waals surface area (Å²) >= 11 is 0. The second-order valence-corrected chi connectivity index (χ2v) is 7.26. The van der Waals surface area contributed by atoms with Crippen LogP contribution in [-0.4, -0.2) is 36.4 Å². The van der Waals surface area contributed by atoms with Crippen molar-refractivity contribution in [2.45, 2.75) is 33.9 Å². The van der Waals surface area contributed by atoms with Gasteiger partial charge in [0.2, 0.25) is 0 Å². The van der Waals surface area contributed by atoms with Gasteiger partial charge in [-0.3, -0.25) is 14.3 Å². The van der Waals surface area contributed by atoms with Gasteiger partial charge in [-0.1, -0.05) is 23.8 Å². The first-order valence-corrected chi connectivity index (χ1v) is 9.94. The zero-order chi connectivity index (χ0) is 21.3. The first-order chi connectivity index (χ1) is 14.5. The van der Waals surface area contributed by atoms with Crippen LogP contribution in [0.25, 0.3) is 16.8 Å². The van der Waals surface area contributed by atoms with Gasteiger partial charge in [-0.15, -0.1) is 0 Å². The minimum Gasteiger partial charge on any atom is -0.349 e. The Morgan fingerprint density at radius 2 is 1.97 bits per heavy atom. The number of carbonyl (C=O) groups excluding carboxylic acids is 1. The molecule has 1 aromatic carbocycles. The Labute approximate surface area is 173 Å². The number of fused-ring (bicyclic) bond motifs is 1. The first-order valence-electron chi connectivity index (χ1n) is 9.94. The minimum absolute atomic E-state index is 0.145. The van der Waals surface area contributed by atoms with Crippen LogP contribution < -0.4 is 10.9 Å². The first kappa shape index (κ1) is 19.6. The van der Waals surface area contributed by atoms with Crippen LogP contribution in [0.1, 0.15) is 28.5 Å². The summed E-state index contributed by atoms with van der Waals surface area (Å²) in [7, 11) is 0. The summed E-state index contributed by atoms with van der Waals surface area (Å²) in [6.45, 7) is 7.34. The molecule has 0 unspecified atom stereocenters. The highest BCUT2D eigenvalue weighted by Crippen LogP contribution is 2.23. The number of amides is 1. The molecule has 0 saturated heterocycles. The summed E-state index contributed by atoms with van der Waals surface area (Å²) in [5, 5.41) is 11.5. The van der Waals surface area contributed by atoms with Gasteiger partial charge < -0.3 is 9.88 Å². The molecule has 30 heavy (non-hydrogen) atoms. The van der Waals surface area contributed by atoms with Gasteiger partial charge in [0.1, 0.15) is 11.2 Å². The van der Waals surface area contributed by atoms with Crippen LogP contribution >= 0.6 is 0 Å². The van der Waals surface area contributed by atoms with E-state index in [9.17, 15) is 9.59 Å². The minimum atomic E-state index is -0.204. The van der Waals surface area contributed by atoms with Gasteiger partial charge in [-0.2, -0.15) is 10.2 Å². The molecule has 4 rings (SSSR count). The predicted molar refractivity (Wildman–Crippen MR) is 115 cm³/mol. The highest BCUT2D eigenvalue weighted by molar-refractivity contribution is 5.92. The molecule has 0 atom stereocenters. The summed E-state index contributed by atoms with van der Waals surface area (Å²) in [4.78, 5) is 25.2. The topological polar surface area (TPSA) is 86.2 Å². The summed E-state index contributed by atoms with van der Waals surface area (Å²) in [5.74, 6) is -0.204. The Morgan fingerprint density at radius 1 is 1.13 bits per heavy atom. The Bertz CT molecular complexity index is 1280. The molecule has 0 bridgehead atoms. The molecule has 8 nitrogen and oxygen atoms in total. The van der Waals surface area contributed by atoms with Crippen molar-refractivity contribution in [1.82, 2.24) is 29.3 Å². The maximum atomic E-state index is 12.9. The number of rotatable bonds is 6. The molecule has 0 aliphatic heterocycles. The van der Waals surface area contributed by atoms with Crippen LogP contribution in [0.5, 0.6) is 0 Å². The van der Waals surface area contributed by atoms with E-state index in [-0.39, 0.29) is 11.5 Å². The third-order valence-corrected chi connectivity index (χ3v) is 5.15.